The van der Waals surface area contributed by atoms with E-state index in [0.717, 1.165) is 4.47 Å². The molecular weight excluding hydrogens is 289 g/mol. The number of nitrogens with two attached hydrogens (primary N) is 1. The second kappa shape index (κ2) is 6.71. The molecule has 17 heavy (non-hydrogen) atoms. The van der Waals surface area contributed by atoms with Gasteiger partial charge in [-0.3, -0.25) is 4.79 Å². The first kappa shape index (κ1) is 14.1. The van der Waals surface area contributed by atoms with Crippen LogP contribution in [-0.4, -0.2) is 19.1 Å². The summed E-state index contributed by atoms with van der Waals surface area (Å²) in [5, 5.41) is 0. The van der Waals surface area contributed by atoms with Gasteiger partial charge in [-0.15, -0.1) is 0 Å². The first-order chi connectivity index (χ1) is 8.02. The van der Waals surface area contributed by atoms with Gasteiger partial charge in [0, 0.05) is 16.9 Å². The maximum absolute atomic E-state index is 13.4. The summed E-state index contributed by atoms with van der Waals surface area (Å²) >= 11 is 3.28. The molecule has 2 N–H and O–H groups in total. The van der Waals surface area contributed by atoms with Gasteiger partial charge in [0.05, 0.1) is 7.11 Å². The Hall–Kier alpha value is -0.940. The Kier molecular flexibility index (Phi) is 5.58. The number of rotatable bonds is 5. The molecule has 0 aliphatic rings. The first-order valence-corrected chi connectivity index (χ1v) is 6.08. The van der Waals surface area contributed by atoms with Gasteiger partial charge in [0.15, 0.2) is 0 Å². The van der Waals surface area contributed by atoms with Gasteiger partial charge in [-0.1, -0.05) is 15.9 Å². The number of methoxy groups -OCH3 is 1. The molecule has 1 aromatic carbocycles. The SMILES string of the molecule is COC(=O)CCC(N)Cc1cc(Br)ccc1F. The van der Waals surface area contributed by atoms with Gasteiger partial charge in [0.2, 0.25) is 0 Å². The predicted molar refractivity (Wildman–Crippen MR) is 67.0 cm³/mol. The highest BCUT2D eigenvalue weighted by molar-refractivity contribution is 9.10. The van der Waals surface area contributed by atoms with E-state index in [1.807, 2.05) is 0 Å². The van der Waals surface area contributed by atoms with Crippen molar-refractivity contribution in [3.05, 3.63) is 34.1 Å². The zero-order valence-electron chi connectivity index (χ0n) is 9.58. The standard InChI is InChI=1S/C12H15BrFNO2/c1-17-12(16)5-3-10(15)7-8-6-9(13)2-4-11(8)14/h2,4,6,10H,3,5,7,15H2,1H3. The molecule has 0 heterocycles. The molecule has 0 bridgehead atoms. The van der Waals surface area contributed by atoms with Crippen LogP contribution >= 0.6 is 15.9 Å². The number of carbonyl (C=O) groups excluding carboxylic acids is 1. The third-order valence-corrected chi connectivity index (χ3v) is 2.93. The van der Waals surface area contributed by atoms with Crippen molar-refractivity contribution in [1.29, 1.82) is 0 Å². The molecule has 3 nitrogen and oxygen atoms in total. The van der Waals surface area contributed by atoms with Crippen molar-refractivity contribution in [3.8, 4) is 0 Å². The highest BCUT2D eigenvalue weighted by Gasteiger charge is 2.11. The molecule has 5 heteroatoms. The summed E-state index contributed by atoms with van der Waals surface area (Å²) < 4.78 is 18.8. The Morgan fingerprint density at radius 2 is 2.29 bits per heavy atom. The van der Waals surface area contributed by atoms with Crippen LogP contribution in [0.25, 0.3) is 0 Å². The van der Waals surface area contributed by atoms with Gasteiger partial charge in [0.25, 0.3) is 0 Å². The Bertz CT molecular complexity index is 398. The molecule has 0 spiro atoms. The van der Waals surface area contributed by atoms with Crippen molar-refractivity contribution >= 4 is 21.9 Å². The fraction of sp³-hybridized carbons (Fsp3) is 0.417. The lowest BCUT2D eigenvalue weighted by Gasteiger charge is -2.11. The van der Waals surface area contributed by atoms with Crippen LogP contribution in [-0.2, 0) is 16.0 Å². The largest absolute Gasteiger partial charge is 0.469 e. The molecule has 0 aliphatic heterocycles. The van der Waals surface area contributed by atoms with E-state index >= 15 is 0 Å². The van der Waals surface area contributed by atoms with Crippen molar-refractivity contribution in [1.82, 2.24) is 0 Å². The number of halogens is 2. The van der Waals surface area contributed by atoms with E-state index in [9.17, 15) is 9.18 Å². The lowest BCUT2D eigenvalue weighted by atomic mass is 10.0. The number of hydrogen-bond acceptors (Lipinski definition) is 3. The zero-order valence-corrected chi connectivity index (χ0v) is 11.2. The molecule has 0 saturated heterocycles. The van der Waals surface area contributed by atoms with E-state index in [1.165, 1.54) is 13.2 Å². The van der Waals surface area contributed by atoms with E-state index in [1.54, 1.807) is 12.1 Å². The normalized spacial score (nSPS) is 12.2. The molecular formula is C12H15BrFNO2. The second-order valence-corrected chi connectivity index (χ2v) is 4.73. The van der Waals surface area contributed by atoms with Crippen LogP contribution in [0, 0.1) is 5.82 Å². The van der Waals surface area contributed by atoms with Crippen LogP contribution in [0.2, 0.25) is 0 Å². The Labute approximate surface area is 108 Å². The van der Waals surface area contributed by atoms with E-state index in [2.05, 4.69) is 20.7 Å². The minimum Gasteiger partial charge on any atom is -0.469 e. The molecule has 0 radical (unpaired) electrons. The highest BCUT2D eigenvalue weighted by atomic mass is 79.9. The topological polar surface area (TPSA) is 52.3 Å². The van der Waals surface area contributed by atoms with Gasteiger partial charge in [0.1, 0.15) is 5.82 Å². The molecule has 0 amide bonds. The zero-order chi connectivity index (χ0) is 12.8. The predicted octanol–water partition coefficient (Wildman–Crippen LogP) is 2.41. The summed E-state index contributed by atoms with van der Waals surface area (Å²) in [5.74, 6) is -0.572. The fourth-order valence-corrected chi connectivity index (χ4v) is 1.90. The average molecular weight is 304 g/mol. The fourth-order valence-electron chi connectivity index (χ4n) is 1.49. The van der Waals surface area contributed by atoms with Crippen molar-refractivity contribution in [2.75, 3.05) is 7.11 Å². The van der Waals surface area contributed by atoms with Gasteiger partial charge in [-0.25, -0.2) is 4.39 Å². The molecule has 0 aliphatic carbocycles. The van der Waals surface area contributed by atoms with Gasteiger partial charge in [-0.2, -0.15) is 0 Å². The number of esters is 1. The third-order valence-electron chi connectivity index (χ3n) is 2.44. The molecule has 1 unspecified atom stereocenters. The van der Waals surface area contributed by atoms with E-state index in [0.29, 0.717) is 18.4 Å². The van der Waals surface area contributed by atoms with Crippen LogP contribution in [0.15, 0.2) is 22.7 Å². The monoisotopic (exact) mass is 303 g/mol. The number of ether oxygens (including phenoxy) is 1. The van der Waals surface area contributed by atoms with Crippen LogP contribution in [0.3, 0.4) is 0 Å². The minimum absolute atomic E-state index is 0.252. The van der Waals surface area contributed by atoms with Crippen molar-refractivity contribution < 1.29 is 13.9 Å². The first-order valence-electron chi connectivity index (χ1n) is 5.29. The van der Waals surface area contributed by atoms with Crippen molar-refractivity contribution in [2.45, 2.75) is 25.3 Å². The minimum atomic E-state index is -0.296. The van der Waals surface area contributed by atoms with E-state index in [4.69, 9.17) is 5.73 Å². The van der Waals surface area contributed by atoms with E-state index < -0.39 is 0 Å². The summed E-state index contributed by atoms with van der Waals surface area (Å²) in [7, 11) is 1.34. The molecule has 0 fully saturated rings. The quantitative estimate of drug-likeness (QED) is 0.850. The molecule has 94 valence electrons. The van der Waals surface area contributed by atoms with Crippen LogP contribution in [0.1, 0.15) is 18.4 Å². The van der Waals surface area contributed by atoms with Crippen molar-refractivity contribution in [3.63, 3.8) is 0 Å². The van der Waals surface area contributed by atoms with E-state index in [-0.39, 0.29) is 24.2 Å². The molecule has 1 atom stereocenters. The maximum Gasteiger partial charge on any atom is 0.305 e. The summed E-state index contributed by atoms with van der Waals surface area (Å²) in [5.41, 5.74) is 6.39. The number of benzene rings is 1. The van der Waals surface area contributed by atoms with Crippen LogP contribution in [0.4, 0.5) is 4.39 Å². The van der Waals surface area contributed by atoms with Crippen molar-refractivity contribution in [2.24, 2.45) is 5.73 Å². The van der Waals surface area contributed by atoms with Crippen LogP contribution in [0.5, 0.6) is 0 Å². The number of carbonyl (C=O) groups is 1. The Morgan fingerprint density at radius 1 is 1.59 bits per heavy atom. The molecule has 1 aromatic rings. The summed E-state index contributed by atoms with van der Waals surface area (Å²) in [6.07, 6.45) is 1.15. The summed E-state index contributed by atoms with van der Waals surface area (Å²) in [6.45, 7) is 0. The summed E-state index contributed by atoms with van der Waals surface area (Å²) in [4.78, 5) is 10.9. The van der Waals surface area contributed by atoms with Crippen LogP contribution < -0.4 is 5.73 Å². The smallest absolute Gasteiger partial charge is 0.305 e. The third kappa shape index (κ3) is 4.83. The average Bonchev–Trinajstić information content (AvgIpc) is 2.30. The van der Waals surface area contributed by atoms with Gasteiger partial charge >= 0.3 is 5.97 Å². The summed E-state index contributed by atoms with van der Waals surface area (Å²) in [6, 6.07) is 4.48. The number of hydrogen-bond donors (Lipinski definition) is 1. The lowest BCUT2D eigenvalue weighted by Crippen LogP contribution is -2.24. The Balaban J connectivity index is 2.52. The molecule has 1 rings (SSSR count). The lowest BCUT2D eigenvalue weighted by molar-refractivity contribution is -0.140. The van der Waals surface area contributed by atoms with Gasteiger partial charge < -0.3 is 10.5 Å². The maximum atomic E-state index is 13.4. The second-order valence-electron chi connectivity index (χ2n) is 3.81. The van der Waals surface area contributed by atoms with Gasteiger partial charge in [-0.05, 0) is 36.6 Å². The Morgan fingerprint density at radius 3 is 2.94 bits per heavy atom. The molecule has 0 aromatic heterocycles. The highest BCUT2D eigenvalue weighted by Crippen LogP contribution is 2.17. The molecule has 0 saturated carbocycles.